The van der Waals surface area contributed by atoms with Crippen LogP contribution in [0, 0.1) is 11.3 Å². The van der Waals surface area contributed by atoms with Gasteiger partial charge in [0.15, 0.2) is 5.65 Å². The molecule has 3 heterocycles. The molecule has 0 radical (unpaired) electrons. The van der Waals surface area contributed by atoms with E-state index in [1.807, 2.05) is 24.3 Å². The highest BCUT2D eigenvalue weighted by molar-refractivity contribution is 5.91. The van der Waals surface area contributed by atoms with E-state index in [9.17, 15) is 0 Å². The van der Waals surface area contributed by atoms with Gasteiger partial charge in [0.2, 0.25) is 5.95 Å². The number of benzene rings is 1. The van der Waals surface area contributed by atoms with Gasteiger partial charge in [0.25, 0.3) is 0 Å². The minimum absolute atomic E-state index is 0.133. The number of anilines is 2. The van der Waals surface area contributed by atoms with Crippen LogP contribution in [-0.4, -0.2) is 24.7 Å². The third-order valence-corrected chi connectivity index (χ3v) is 3.97. The lowest BCUT2D eigenvalue weighted by molar-refractivity contribution is 0.704. The fourth-order valence-electron chi connectivity index (χ4n) is 2.73. The van der Waals surface area contributed by atoms with Crippen LogP contribution in [0.1, 0.15) is 11.1 Å². The molecule has 0 aliphatic heterocycles. The molecule has 0 spiro atoms. The molecule has 3 aromatic heterocycles. The highest BCUT2D eigenvalue weighted by Crippen LogP contribution is 2.27. The van der Waals surface area contributed by atoms with Crippen molar-refractivity contribution in [2.24, 2.45) is 0 Å². The number of nitrogens with two attached hydrogens (primary N) is 2. The summed E-state index contributed by atoms with van der Waals surface area (Å²) in [5.41, 5.74) is 15.7. The SMILES string of the molecule is N#Cc1cncc(-c2nc(N)nc3c2cnn3Cc2ccc(N)cc2)c1. The Morgan fingerprint density at radius 3 is 2.62 bits per heavy atom. The van der Waals surface area contributed by atoms with Crippen LogP contribution in [0.15, 0.2) is 48.9 Å². The number of rotatable bonds is 3. The molecule has 8 heteroatoms. The normalized spacial score (nSPS) is 10.7. The van der Waals surface area contributed by atoms with Gasteiger partial charge in [-0.1, -0.05) is 12.1 Å². The van der Waals surface area contributed by atoms with Crippen molar-refractivity contribution in [1.82, 2.24) is 24.7 Å². The summed E-state index contributed by atoms with van der Waals surface area (Å²) in [7, 11) is 0. The Labute approximate surface area is 148 Å². The minimum atomic E-state index is 0.133. The van der Waals surface area contributed by atoms with Gasteiger partial charge < -0.3 is 11.5 Å². The number of nitrogens with zero attached hydrogens (tertiary/aromatic N) is 6. The van der Waals surface area contributed by atoms with Gasteiger partial charge in [-0.15, -0.1) is 0 Å². The molecule has 4 N–H and O–H groups in total. The van der Waals surface area contributed by atoms with Crippen LogP contribution in [0.25, 0.3) is 22.3 Å². The Hall–Kier alpha value is -3.99. The van der Waals surface area contributed by atoms with Gasteiger partial charge >= 0.3 is 0 Å². The number of hydrogen-bond acceptors (Lipinski definition) is 7. The van der Waals surface area contributed by atoms with Crippen LogP contribution in [0.2, 0.25) is 0 Å². The lowest BCUT2D eigenvalue weighted by Gasteiger charge is -2.06. The quantitative estimate of drug-likeness (QED) is 0.544. The average Bonchev–Trinajstić information content (AvgIpc) is 3.05. The molecule has 0 saturated heterocycles. The number of pyridine rings is 1. The van der Waals surface area contributed by atoms with Gasteiger partial charge in [0.05, 0.1) is 29.4 Å². The van der Waals surface area contributed by atoms with Crippen LogP contribution in [-0.2, 0) is 6.54 Å². The second-order valence-corrected chi connectivity index (χ2v) is 5.79. The van der Waals surface area contributed by atoms with Crippen molar-refractivity contribution in [3.8, 4) is 17.3 Å². The Balaban J connectivity index is 1.82. The molecule has 1 aromatic carbocycles. The van der Waals surface area contributed by atoms with Crippen molar-refractivity contribution in [3.05, 3.63) is 60.0 Å². The predicted molar refractivity (Wildman–Crippen MR) is 97.6 cm³/mol. The molecule has 126 valence electrons. The largest absolute Gasteiger partial charge is 0.399 e. The van der Waals surface area contributed by atoms with Crippen LogP contribution >= 0.6 is 0 Å². The van der Waals surface area contributed by atoms with Gasteiger partial charge in [-0.25, -0.2) is 9.67 Å². The first kappa shape index (κ1) is 15.5. The molecule has 0 amide bonds. The second-order valence-electron chi connectivity index (χ2n) is 5.79. The lowest BCUT2D eigenvalue weighted by atomic mass is 10.1. The molecule has 0 aliphatic rings. The van der Waals surface area contributed by atoms with E-state index in [0.29, 0.717) is 34.7 Å². The van der Waals surface area contributed by atoms with Gasteiger partial charge in [-0.3, -0.25) is 4.98 Å². The van der Waals surface area contributed by atoms with Crippen molar-refractivity contribution in [2.45, 2.75) is 6.54 Å². The molecule has 26 heavy (non-hydrogen) atoms. The fourth-order valence-corrected chi connectivity index (χ4v) is 2.73. The van der Waals surface area contributed by atoms with Gasteiger partial charge in [0.1, 0.15) is 6.07 Å². The zero-order valence-electron chi connectivity index (χ0n) is 13.7. The van der Waals surface area contributed by atoms with E-state index in [1.165, 1.54) is 6.20 Å². The Morgan fingerprint density at radius 1 is 1.04 bits per heavy atom. The highest BCUT2D eigenvalue weighted by atomic mass is 15.3. The standard InChI is InChI=1S/C18H14N8/c19-6-12-5-13(8-22-7-12)16-15-9-23-26(17(15)25-18(21)24-16)10-11-1-3-14(20)4-2-11/h1-5,7-9H,10,20H2,(H2,21,24,25). The first-order chi connectivity index (χ1) is 12.6. The van der Waals surface area contributed by atoms with Gasteiger partial charge in [0, 0.05) is 23.6 Å². The Bertz CT molecular complexity index is 1140. The van der Waals surface area contributed by atoms with Gasteiger partial charge in [-0.05, 0) is 23.8 Å². The van der Waals surface area contributed by atoms with E-state index < -0.39 is 0 Å². The Kier molecular flexibility index (Phi) is 3.67. The number of fused-ring (bicyclic) bond motifs is 1. The van der Waals surface area contributed by atoms with Crippen LogP contribution < -0.4 is 11.5 Å². The van der Waals surface area contributed by atoms with Crippen molar-refractivity contribution in [1.29, 1.82) is 5.26 Å². The van der Waals surface area contributed by atoms with Crippen LogP contribution in [0.3, 0.4) is 0 Å². The minimum Gasteiger partial charge on any atom is -0.399 e. The summed E-state index contributed by atoms with van der Waals surface area (Å²) in [5, 5.41) is 14.3. The second kappa shape index (κ2) is 6.14. The molecular weight excluding hydrogens is 328 g/mol. The molecule has 0 atom stereocenters. The van der Waals surface area contributed by atoms with Crippen molar-refractivity contribution < 1.29 is 0 Å². The molecular formula is C18H14N8. The molecule has 4 rings (SSSR count). The van der Waals surface area contributed by atoms with Crippen molar-refractivity contribution in [3.63, 3.8) is 0 Å². The first-order valence-corrected chi connectivity index (χ1v) is 7.83. The summed E-state index contributed by atoms with van der Waals surface area (Å²) in [6.45, 7) is 0.524. The van der Waals surface area contributed by atoms with E-state index in [-0.39, 0.29) is 5.95 Å². The molecule has 0 fully saturated rings. The fraction of sp³-hybridized carbons (Fsp3) is 0.0556. The summed E-state index contributed by atoms with van der Waals surface area (Å²) < 4.78 is 1.75. The molecule has 0 bridgehead atoms. The Morgan fingerprint density at radius 2 is 1.85 bits per heavy atom. The number of hydrogen-bond donors (Lipinski definition) is 2. The molecule has 0 aliphatic carbocycles. The maximum absolute atomic E-state index is 9.09. The molecule has 0 unspecified atom stereocenters. The topological polar surface area (TPSA) is 132 Å². The van der Waals surface area contributed by atoms with Gasteiger partial charge in [-0.2, -0.15) is 15.3 Å². The number of aromatic nitrogens is 5. The van der Waals surface area contributed by atoms with E-state index in [1.54, 1.807) is 23.1 Å². The zero-order chi connectivity index (χ0) is 18.1. The summed E-state index contributed by atoms with van der Waals surface area (Å²) in [6, 6.07) is 11.4. The number of nitrogen functional groups attached to an aromatic ring is 2. The predicted octanol–water partition coefficient (Wildman–Crippen LogP) is 1.97. The summed E-state index contributed by atoms with van der Waals surface area (Å²) in [4.78, 5) is 12.7. The van der Waals surface area contributed by atoms with E-state index >= 15 is 0 Å². The van der Waals surface area contributed by atoms with Crippen LogP contribution in [0.5, 0.6) is 0 Å². The van der Waals surface area contributed by atoms with Crippen LogP contribution in [0.4, 0.5) is 11.6 Å². The maximum atomic E-state index is 9.09. The van der Waals surface area contributed by atoms with Crippen molar-refractivity contribution in [2.75, 3.05) is 11.5 Å². The average molecular weight is 342 g/mol. The molecule has 0 saturated carbocycles. The summed E-state index contributed by atoms with van der Waals surface area (Å²) in [6.07, 6.45) is 4.83. The summed E-state index contributed by atoms with van der Waals surface area (Å²) in [5.74, 6) is 0.133. The highest BCUT2D eigenvalue weighted by Gasteiger charge is 2.14. The summed E-state index contributed by atoms with van der Waals surface area (Å²) >= 11 is 0. The zero-order valence-corrected chi connectivity index (χ0v) is 13.7. The first-order valence-electron chi connectivity index (χ1n) is 7.83. The van der Waals surface area contributed by atoms with E-state index in [2.05, 4.69) is 26.1 Å². The third kappa shape index (κ3) is 2.78. The monoisotopic (exact) mass is 342 g/mol. The van der Waals surface area contributed by atoms with E-state index in [4.69, 9.17) is 16.7 Å². The smallest absolute Gasteiger partial charge is 0.222 e. The molecule has 8 nitrogen and oxygen atoms in total. The lowest BCUT2D eigenvalue weighted by Crippen LogP contribution is -2.05. The van der Waals surface area contributed by atoms with Crippen molar-refractivity contribution >= 4 is 22.7 Å². The van der Waals surface area contributed by atoms with E-state index in [0.717, 1.165) is 10.9 Å². The number of nitriles is 1. The molecule has 4 aromatic rings. The maximum Gasteiger partial charge on any atom is 0.222 e. The third-order valence-electron chi connectivity index (χ3n) is 3.97.